The fourth-order valence-electron chi connectivity index (χ4n) is 8.53. The van der Waals surface area contributed by atoms with E-state index in [4.69, 9.17) is 26.4 Å². The summed E-state index contributed by atoms with van der Waals surface area (Å²) in [6.07, 6.45) is -2.27. The number of nitriles is 1. The Morgan fingerprint density at radius 1 is 0.959 bits per heavy atom. The van der Waals surface area contributed by atoms with Gasteiger partial charge in [-0.3, -0.25) is 24.1 Å². The summed E-state index contributed by atoms with van der Waals surface area (Å²) >= 11 is 7.10. The third-order valence-corrected chi connectivity index (χ3v) is 13.8. The molecule has 0 unspecified atom stereocenters. The second-order valence-corrected chi connectivity index (χ2v) is 20.7. The van der Waals surface area contributed by atoms with Crippen LogP contribution >= 0.6 is 23.6 Å². The number of thiazole rings is 1. The van der Waals surface area contributed by atoms with Crippen LogP contribution in [0.4, 0.5) is 28.9 Å². The number of carbonyl (C=O) groups excluding carboxylic acids is 4. The van der Waals surface area contributed by atoms with Gasteiger partial charge in [0.15, 0.2) is 16.7 Å². The topological polar surface area (TPSA) is 187 Å². The van der Waals surface area contributed by atoms with Gasteiger partial charge in [-0.05, 0) is 112 Å². The number of hydrogen-bond donors (Lipinski definition) is 3. The second kappa shape index (κ2) is 24.3. The maximum absolute atomic E-state index is 15.3. The van der Waals surface area contributed by atoms with Crippen LogP contribution in [0.2, 0.25) is 0 Å². The number of aliphatic hydroxyl groups excluding tert-OH is 1. The Bertz CT molecular complexity index is 2670. The number of thiocarbonyl (C=S) groups is 1. The van der Waals surface area contributed by atoms with Gasteiger partial charge in [0.25, 0.3) is 5.91 Å². The number of nitrogens with one attached hydrogen (secondary N) is 2. The van der Waals surface area contributed by atoms with E-state index in [0.717, 1.165) is 51.6 Å². The van der Waals surface area contributed by atoms with Crippen LogP contribution in [0.1, 0.15) is 95.5 Å². The molecule has 2 saturated heterocycles. The zero-order valence-electron chi connectivity index (χ0n) is 41.6. The van der Waals surface area contributed by atoms with Crippen molar-refractivity contribution in [2.75, 3.05) is 49.4 Å². The van der Waals surface area contributed by atoms with Gasteiger partial charge in [-0.2, -0.15) is 18.4 Å². The maximum Gasteiger partial charge on any atom is 0.417 e. The highest BCUT2D eigenvalue weighted by Gasteiger charge is 2.51. The van der Waals surface area contributed by atoms with Crippen LogP contribution in [0.5, 0.6) is 5.75 Å². The monoisotopic (exact) mass is 1050 g/mol. The molecule has 4 amide bonds. The molecule has 15 nitrogen and oxygen atoms in total. The lowest BCUT2D eigenvalue weighted by atomic mass is 9.85. The summed E-state index contributed by atoms with van der Waals surface area (Å²) in [6.45, 7) is 11.8. The molecule has 3 heterocycles. The highest BCUT2D eigenvalue weighted by atomic mass is 32.1. The van der Waals surface area contributed by atoms with E-state index >= 15 is 4.39 Å². The number of nitrogens with zero attached hydrogens (tertiary/aromatic N) is 5. The molecule has 0 spiro atoms. The van der Waals surface area contributed by atoms with Crippen LogP contribution in [-0.4, -0.2) is 107 Å². The van der Waals surface area contributed by atoms with Crippen molar-refractivity contribution in [3.05, 3.63) is 94.4 Å². The Kier molecular flexibility index (Phi) is 18.7. The number of unbranched alkanes of at least 4 members (excludes halogenated alkanes) is 3. The third-order valence-electron chi connectivity index (χ3n) is 12.5. The molecule has 2 fully saturated rings. The number of aliphatic hydroxyl groups is 1. The van der Waals surface area contributed by atoms with Gasteiger partial charge in [0.2, 0.25) is 17.7 Å². The Labute approximate surface area is 431 Å². The highest BCUT2D eigenvalue weighted by molar-refractivity contribution is 7.81. The van der Waals surface area contributed by atoms with Crippen molar-refractivity contribution in [1.29, 1.82) is 5.26 Å². The summed E-state index contributed by atoms with van der Waals surface area (Å²) in [7, 11) is 0. The summed E-state index contributed by atoms with van der Waals surface area (Å²) < 4.78 is 73.4. The quantitative estimate of drug-likeness (QED) is 0.0390. The zero-order chi connectivity index (χ0) is 53.3. The van der Waals surface area contributed by atoms with Crippen LogP contribution in [0.25, 0.3) is 10.4 Å². The van der Waals surface area contributed by atoms with Gasteiger partial charge in [0, 0.05) is 51.1 Å². The summed E-state index contributed by atoms with van der Waals surface area (Å²) in [6, 6.07) is 14.4. The molecule has 4 aromatic rings. The first kappa shape index (κ1) is 56.2. The van der Waals surface area contributed by atoms with E-state index in [2.05, 4.69) is 15.6 Å². The number of alkyl halides is 3. The minimum absolute atomic E-state index is 0.0229. The highest BCUT2D eigenvalue weighted by Crippen LogP contribution is 2.40. The number of carbonyl (C=O) groups is 4. The summed E-state index contributed by atoms with van der Waals surface area (Å²) in [5.41, 5.74) is 0.765. The van der Waals surface area contributed by atoms with Crippen molar-refractivity contribution in [2.24, 2.45) is 5.41 Å². The van der Waals surface area contributed by atoms with Crippen molar-refractivity contribution < 1.29 is 56.1 Å². The Hall–Kier alpha value is -6.05. The average Bonchev–Trinajstić information content (AvgIpc) is 4.00. The summed E-state index contributed by atoms with van der Waals surface area (Å²) in [5, 5.41) is 25.3. The normalized spacial score (nSPS) is 17.2. The molecule has 3 atom stereocenters. The number of amides is 4. The second-order valence-electron chi connectivity index (χ2n) is 19.5. The zero-order valence-corrected chi connectivity index (χ0v) is 43.3. The van der Waals surface area contributed by atoms with Crippen LogP contribution < -0.4 is 25.2 Å². The molecule has 392 valence electrons. The SMILES string of the molecule is Cc1ncsc1-c1ccc(CNC(=O)[C@@H]2C[C@@H](O)CN2C(=O)[C@@H](NC(=O)COCCCCOCCCCCOc2ccc(N3C(=S)N(c4ccc(C#N)c(C(F)(F)F)c4)C(=O)C3(C)C)cc2F)C(C)(C)C)cc1. The lowest BCUT2D eigenvalue weighted by molar-refractivity contribution is -0.144. The fraction of sp³-hybridized carbons (Fsp3) is 0.481. The van der Waals surface area contributed by atoms with Crippen LogP contribution in [0, 0.1) is 29.5 Å². The van der Waals surface area contributed by atoms with E-state index in [-0.39, 0.29) is 61.6 Å². The maximum atomic E-state index is 15.3. The van der Waals surface area contributed by atoms with Crippen molar-refractivity contribution in [3.8, 4) is 22.3 Å². The Morgan fingerprint density at radius 3 is 2.25 bits per heavy atom. The van der Waals surface area contributed by atoms with E-state index < -0.39 is 75.9 Å². The van der Waals surface area contributed by atoms with Crippen molar-refractivity contribution >= 4 is 63.7 Å². The molecule has 0 bridgehead atoms. The number of aryl methyl sites for hydroxylation is 1. The molecule has 2 aliphatic rings. The van der Waals surface area contributed by atoms with Crippen LogP contribution in [0.15, 0.2) is 66.2 Å². The predicted octanol–water partition coefficient (Wildman–Crippen LogP) is 8.24. The Balaban J connectivity index is 0.848. The van der Waals surface area contributed by atoms with Gasteiger partial charge >= 0.3 is 6.18 Å². The molecule has 3 aromatic carbocycles. The van der Waals surface area contributed by atoms with E-state index in [9.17, 15) is 42.7 Å². The molecule has 1 aromatic heterocycles. The molecule has 0 radical (unpaired) electrons. The van der Waals surface area contributed by atoms with Gasteiger partial charge in [0.05, 0.1) is 51.7 Å². The smallest absolute Gasteiger partial charge is 0.417 e. The first-order valence-electron chi connectivity index (χ1n) is 24.0. The fourth-order valence-corrected chi connectivity index (χ4v) is 9.86. The molecule has 2 aliphatic heterocycles. The van der Waals surface area contributed by atoms with E-state index in [0.29, 0.717) is 38.5 Å². The standard InChI is InChI=1S/C52H61F4N7O8S2/c1-32-44(73-31-59-32)34-14-12-33(13-15-34)28-58-46(66)41-26-38(64)29-61(41)47(67)45(50(2,3)4)60-43(65)30-70-22-11-10-21-69-20-8-7-9-23-71-42-19-18-37(25-40(42)53)63-49(72)62(48(68)51(63,5)6)36-17-16-35(27-57)39(24-36)52(54,55)56/h12-19,24-25,31,38,41,45,64H,7-11,20-23,26,28-30H2,1-6H3,(H,58,66)(H,60,65)/t38-,41+,45-/m1/s1. The number of aromatic nitrogens is 1. The summed E-state index contributed by atoms with van der Waals surface area (Å²) in [4.78, 5) is 62.9. The number of β-amino-alcohol motifs (C(OH)–C–C–N with tert-alkyl or cyclic N) is 1. The van der Waals surface area contributed by atoms with E-state index in [1.807, 2.05) is 52.0 Å². The number of halogens is 4. The summed E-state index contributed by atoms with van der Waals surface area (Å²) in [5.74, 6) is -2.71. The Morgan fingerprint density at radius 2 is 1.62 bits per heavy atom. The number of anilines is 2. The lowest BCUT2D eigenvalue weighted by Crippen LogP contribution is -2.58. The molecular formula is C52H61F4N7O8S2. The van der Waals surface area contributed by atoms with Gasteiger partial charge in [-0.25, -0.2) is 9.37 Å². The molecule has 6 rings (SSSR count). The number of ether oxygens (including phenoxy) is 3. The average molecular weight is 1050 g/mol. The van der Waals surface area contributed by atoms with Crippen molar-refractivity contribution in [2.45, 2.75) is 117 Å². The first-order chi connectivity index (χ1) is 34.5. The van der Waals surface area contributed by atoms with Crippen molar-refractivity contribution in [3.63, 3.8) is 0 Å². The molecular weight excluding hydrogens is 991 g/mol. The molecule has 21 heteroatoms. The minimum Gasteiger partial charge on any atom is -0.491 e. The van der Waals surface area contributed by atoms with Gasteiger partial charge in [0.1, 0.15) is 24.2 Å². The predicted molar refractivity (Wildman–Crippen MR) is 271 cm³/mol. The van der Waals surface area contributed by atoms with Gasteiger partial charge in [-0.1, -0.05) is 45.0 Å². The molecule has 3 N–H and O–H groups in total. The third kappa shape index (κ3) is 14.0. The number of benzene rings is 3. The van der Waals surface area contributed by atoms with Crippen LogP contribution in [0.3, 0.4) is 0 Å². The number of likely N-dealkylation sites (tertiary alicyclic amines) is 1. The van der Waals surface area contributed by atoms with E-state index in [1.54, 1.807) is 16.8 Å². The largest absolute Gasteiger partial charge is 0.491 e. The first-order valence-corrected chi connectivity index (χ1v) is 25.2. The molecule has 0 saturated carbocycles. The number of hydrogen-bond acceptors (Lipinski definition) is 12. The molecule has 0 aliphatic carbocycles. The van der Waals surface area contributed by atoms with Gasteiger partial charge < -0.3 is 39.8 Å². The van der Waals surface area contributed by atoms with Crippen molar-refractivity contribution in [1.82, 2.24) is 20.5 Å². The lowest BCUT2D eigenvalue weighted by Gasteiger charge is -2.35. The minimum atomic E-state index is -4.85. The van der Waals surface area contributed by atoms with Crippen LogP contribution in [-0.2, 0) is 41.4 Å². The molecule has 73 heavy (non-hydrogen) atoms. The number of rotatable bonds is 22. The van der Waals surface area contributed by atoms with E-state index in [1.165, 1.54) is 47.9 Å². The van der Waals surface area contributed by atoms with Gasteiger partial charge in [-0.15, -0.1) is 11.3 Å².